The van der Waals surface area contributed by atoms with Gasteiger partial charge in [0.25, 0.3) is 5.69 Å². The molecule has 0 aromatic heterocycles. The van der Waals surface area contributed by atoms with E-state index in [1.807, 2.05) is 6.07 Å². The van der Waals surface area contributed by atoms with Crippen molar-refractivity contribution in [3.8, 4) is 0 Å². The fourth-order valence-corrected chi connectivity index (χ4v) is 4.03. The molecular formula is C19H29N5O2. The van der Waals surface area contributed by atoms with Crippen LogP contribution in [-0.4, -0.2) is 48.5 Å². The molecule has 7 nitrogen and oxygen atoms in total. The lowest BCUT2D eigenvalue weighted by molar-refractivity contribution is -0.384. The second-order valence-electron chi connectivity index (χ2n) is 7.39. The number of nitrogens with one attached hydrogen (secondary N) is 2. The van der Waals surface area contributed by atoms with Gasteiger partial charge in [-0.2, -0.15) is 0 Å². The van der Waals surface area contributed by atoms with Gasteiger partial charge in [0, 0.05) is 51.4 Å². The van der Waals surface area contributed by atoms with Crippen LogP contribution in [0.3, 0.4) is 0 Å². The average molecular weight is 359 g/mol. The first-order valence-electron chi connectivity index (χ1n) is 9.57. The molecule has 1 atom stereocenters. The SMILES string of the molecule is CN=C(NCc1cccc([N+](=O)[O-])c1)NC1CCN(CC2CCCC2)C1. The van der Waals surface area contributed by atoms with Crippen molar-refractivity contribution in [2.45, 2.75) is 44.7 Å². The van der Waals surface area contributed by atoms with E-state index in [1.165, 1.54) is 38.3 Å². The third-order valence-electron chi connectivity index (χ3n) is 5.41. The molecule has 1 saturated heterocycles. The minimum absolute atomic E-state index is 0.116. The van der Waals surface area contributed by atoms with Gasteiger partial charge in [0.05, 0.1) is 4.92 Å². The van der Waals surface area contributed by atoms with Gasteiger partial charge in [-0.1, -0.05) is 25.0 Å². The van der Waals surface area contributed by atoms with Crippen molar-refractivity contribution in [1.29, 1.82) is 0 Å². The number of likely N-dealkylation sites (tertiary alicyclic amines) is 1. The smallest absolute Gasteiger partial charge is 0.269 e. The zero-order valence-electron chi connectivity index (χ0n) is 15.5. The summed E-state index contributed by atoms with van der Waals surface area (Å²) in [4.78, 5) is 17.4. The molecule has 1 aromatic carbocycles. The highest BCUT2D eigenvalue weighted by atomic mass is 16.6. The molecule has 26 heavy (non-hydrogen) atoms. The third kappa shape index (κ3) is 5.17. The van der Waals surface area contributed by atoms with Crippen LogP contribution in [0.25, 0.3) is 0 Å². The number of aliphatic imine (C=N–C) groups is 1. The molecular weight excluding hydrogens is 330 g/mol. The number of guanidine groups is 1. The number of hydrogen-bond donors (Lipinski definition) is 2. The standard InChI is InChI=1S/C19H29N5O2/c1-20-19(21-12-16-7-4-8-18(11-16)24(25)26)22-17-9-10-23(14-17)13-15-5-2-3-6-15/h4,7-8,11,15,17H,2-3,5-6,9-10,12-14H2,1H3,(H2,20,21,22). The predicted molar refractivity (Wildman–Crippen MR) is 103 cm³/mol. The number of nitrogens with zero attached hydrogens (tertiary/aromatic N) is 3. The van der Waals surface area contributed by atoms with E-state index in [2.05, 4.69) is 20.5 Å². The molecule has 1 heterocycles. The number of benzene rings is 1. The fraction of sp³-hybridized carbons (Fsp3) is 0.632. The van der Waals surface area contributed by atoms with Crippen LogP contribution in [0.2, 0.25) is 0 Å². The summed E-state index contributed by atoms with van der Waals surface area (Å²) < 4.78 is 0. The van der Waals surface area contributed by atoms with Gasteiger partial charge >= 0.3 is 0 Å². The zero-order valence-corrected chi connectivity index (χ0v) is 15.5. The van der Waals surface area contributed by atoms with E-state index in [1.54, 1.807) is 19.2 Å². The van der Waals surface area contributed by atoms with E-state index in [0.717, 1.165) is 37.0 Å². The number of nitro groups is 1. The molecule has 0 spiro atoms. The normalized spacial score (nSPS) is 21.9. The van der Waals surface area contributed by atoms with Crippen molar-refractivity contribution in [3.63, 3.8) is 0 Å². The van der Waals surface area contributed by atoms with Crippen LogP contribution in [-0.2, 0) is 6.54 Å². The largest absolute Gasteiger partial charge is 0.352 e. The summed E-state index contributed by atoms with van der Waals surface area (Å²) in [6, 6.07) is 7.11. The van der Waals surface area contributed by atoms with Gasteiger partial charge in [0.15, 0.2) is 5.96 Å². The molecule has 3 rings (SSSR count). The highest BCUT2D eigenvalue weighted by Gasteiger charge is 2.26. The van der Waals surface area contributed by atoms with Crippen molar-refractivity contribution in [1.82, 2.24) is 15.5 Å². The van der Waals surface area contributed by atoms with Crippen LogP contribution < -0.4 is 10.6 Å². The van der Waals surface area contributed by atoms with Crippen molar-refractivity contribution in [2.75, 3.05) is 26.7 Å². The lowest BCUT2D eigenvalue weighted by atomic mass is 10.1. The number of rotatable bonds is 6. The molecule has 1 aliphatic heterocycles. The number of nitro benzene ring substituents is 1. The minimum atomic E-state index is -0.367. The second kappa shape index (κ2) is 8.98. The molecule has 1 unspecified atom stereocenters. The highest BCUT2D eigenvalue weighted by Crippen LogP contribution is 2.26. The molecule has 0 amide bonds. The maximum Gasteiger partial charge on any atom is 0.269 e. The first-order chi connectivity index (χ1) is 12.6. The van der Waals surface area contributed by atoms with Crippen LogP contribution in [0.4, 0.5) is 5.69 Å². The Labute approximate surface area is 155 Å². The van der Waals surface area contributed by atoms with Gasteiger partial charge in [0.2, 0.25) is 0 Å². The molecule has 0 bridgehead atoms. The number of non-ortho nitro benzene ring substituents is 1. The minimum Gasteiger partial charge on any atom is -0.352 e. The molecule has 1 saturated carbocycles. The van der Waals surface area contributed by atoms with Gasteiger partial charge in [0.1, 0.15) is 0 Å². The van der Waals surface area contributed by atoms with E-state index in [9.17, 15) is 10.1 Å². The number of hydrogen-bond acceptors (Lipinski definition) is 4. The van der Waals surface area contributed by atoms with Crippen LogP contribution in [0.5, 0.6) is 0 Å². The fourth-order valence-electron chi connectivity index (χ4n) is 4.03. The van der Waals surface area contributed by atoms with E-state index in [-0.39, 0.29) is 10.6 Å². The first-order valence-corrected chi connectivity index (χ1v) is 9.57. The third-order valence-corrected chi connectivity index (χ3v) is 5.41. The predicted octanol–water partition coefficient (Wildman–Crippen LogP) is 2.52. The monoisotopic (exact) mass is 359 g/mol. The summed E-state index contributed by atoms with van der Waals surface area (Å²) >= 11 is 0. The van der Waals surface area contributed by atoms with Crippen molar-refractivity contribution < 1.29 is 4.92 Å². The van der Waals surface area contributed by atoms with Gasteiger partial charge in [-0.3, -0.25) is 15.1 Å². The molecule has 1 aliphatic carbocycles. The van der Waals surface area contributed by atoms with Crippen LogP contribution in [0.15, 0.2) is 29.3 Å². The maximum atomic E-state index is 10.9. The van der Waals surface area contributed by atoms with E-state index >= 15 is 0 Å². The summed E-state index contributed by atoms with van der Waals surface area (Å²) in [7, 11) is 1.76. The van der Waals surface area contributed by atoms with Crippen LogP contribution in [0, 0.1) is 16.0 Å². The molecule has 2 N–H and O–H groups in total. The molecule has 2 aliphatic rings. The Morgan fingerprint density at radius 3 is 2.88 bits per heavy atom. The lowest BCUT2D eigenvalue weighted by Crippen LogP contribution is -2.44. The highest BCUT2D eigenvalue weighted by molar-refractivity contribution is 5.80. The summed E-state index contributed by atoms with van der Waals surface area (Å²) in [6.45, 7) is 3.96. The van der Waals surface area contributed by atoms with Crippen molar-refractivity contribution >= 4 is 11.6 Å². The molecule has 142 valence electrons. The summed E-state index contributed by atoms with van der Waals surface area (Å²) in [5, 5.41) is 17.6. The topological polar surface area (TPSA) is 82.8 Å². The van der Waals surface area contributed by atoms with E-state index < -0.39 is 0 Å². The molecule has 1 aromatic rings. The van der Waals surface area contributed by atoms with Crippen LogP contribution >= 0.6 is 0 Å². The van der Waals surface area contributed by atoms with Crippen LogP contribution in [0.1, 0.15) is 37.7 Å². The Balaban J connectivity index is 1.44. The van der Waals surface area contributed by atoms with E-state index in [4.69, 9.17) is 0 Å². The Kier molecular flexibility index (Phi) is 6.44. The van der Waals surface area contributed by atoms with Gasteiger partial charge in [-0.25, -0.2) is 0 Å². The van der Waals surface area contributed by atoms with Gasteiger partial charge in [-0.05, 0) is 30.7 Å². The summed E-state index contributed by atoms with van der Waals surface area (Å²) in [5.41, 5.74) is 0.988. The molecule has 2 fully saturated rings. The Morgan fingerprint density at radius 1 is 1.35 bits per heavy atom. The Hall–Kier alpha value is -2.15. The molecule has 0 radical (unpaired) electrons. The first kappa shape index (κ1) is 18.6. The van der Waals surface area contributed by atoms with Crippen molar-refractivity contribution in [3.05, 3.63) is 39.9 Å². The molecule has 7 heteroatoms. The van der Waals surface area contributed by atoms with Gasteiger partial charge < -0.3 is 15.5 Å². The van der Waals surface area contributed by atoms with E-state index in [0.29, 0.717) is 12.6 Å². The quantitative estimate of drug-likeness (QED) is 0.353. The van der Waals surface area contributed by atoms with Crippen molar-refractivity contribution in [2.24, 2.45) is 10.9 Å². The summed E-state index contributed by atoms with van der Waals surface area (Å²) in [6.07, 6.45) is 6.70. The zero-order chi connectivity index (χ0) is 18.4. The Morgan fingerprint density at radius 2 is 2.15 bits per heavy atom. The second-order valence-corrected chi connectivity index (χ2v) is 7.39. The average Bonchev–Trinajstić information content (AvgIpc) is 3.31. The van der Waals surface area contributed by atoms with Gasteiger partial charge in [-0.15, -0.1) is 0 Å². The summed E-state index contributed by atoms with van der Waals surface area (Å²) in [5.74, 6) is 1.64. The Bertz CT molecular complexity index is 643. The maximum absolute atomic E-state index is 10.9. The lowest BCUT2D eigenvalue weighted by Gasteiger charge is -2.21.